The maximum absolute atomic E-state index is 6.04. The Morgan fingerprint density at radius 3 is 2.70 bits per heavy atom. The Morgan fingerprint density at radius 1 is 1.00 bits per heavy atom. The highest BCUT2D eigenvalue weighted by Gasteiger charge is 2.25. The molecule has 2 heterocycles. The number of para-hydroxylation sites is 1. The number of fused-ring (bicyclic) bond motifs is 5. The first kappa shape index (κ1) is 18.9. The lowest BCUT2D eigenvalue weighted by Crippen LogP contribution is -2.27. The Bertz CT molecular complexity index is 1250. The first-order valence-corrected chi connectivity index (χ1v) is 10.5. The van der Waals surface area contributed by atoms with Gasteiger partial charge in [0.15, 0.2) is 11.5 Å². The van der Waals surface area contributed by atoms with Crippen LogP contribution in [0.3, 0.4) is 0 Å². The van der Waals surface area contributed by atoms with Crippen molar-refractivity contribution in [2.45, 2.75) is 19.9 Å². The summed E-state index contributed by atoms with van der Waals surface area (Å²) in [6.45, 7) is 4.50. The maximum Gasteiger partial charge on any atom is 0.170 e. The minimum atomic E-state index is 0.577. The summed E-state index contributed by atoms with van der Waals surface area (Å²) in [7, 11) is 3.86. The summed E-state index contributed by atoms with van der Waals surface area (Å²) < 4.78 is 11.6. The molecule has 0 amide bonds. The van der Waals surface area contributed by atoms with Crippen LogP contribution in [0.15, 0.2) is 54.6 Å². The second kappa shape index (κ2) is 7.62. The Balaban J connectivity index is 1.87. The van der Waals surface area contributed by atoms with Crippen LogP contribution in [-0.2, 0) is 13.0 Å². The lowest BCUT2D eigenvalue weighted by molar-refractivity contribution is 0.310. The van der Waals surface area contributed by atoms with Crippen molar-refractivity contribution in [1.82, 2.24) is 9.88 Å². The average molecular weight is 399 g/mol. The molecule has 152 valence electrons. The smallest absolute Gasteiger partial charge is 0.170 e. The van der Waals surface area contributed by atoms with Crippen molar-refractivity contribution in [3.05, 3.63) is 65.7 Å². The van der Waals surface area contributed by atoms with Crippen LogP contribution in [0.5, 0.6) is 11.5 Å². The highest BCUT2D eigenvalue weighted by molar-refractivity contribution is 6.09. The zero-order valence-corrected chi connectivity index (χ0v) is 17.7. The van der Waals surface area contributed by atoms with E-state index in [2.05, 4.69) is 54.4 Å². The molecule has 0 fully saturated rings. The molecule has 4 nitrogen and oxygen atoms in total. The topological polar surface area (TPSA) is 34.6 Å². The lowest BCUT2D eigenvalue weighted by Gasteiger charge is -2.29. The fraction of sp³-hybridized carbons (Fsp3) is 0.269. The molecule has 0 spiro atoms. The minimum Gasteiger partial charge on any atom is -0.493 e. The zero-order chi connectivity index (χ0) is 20.7. The van der Waals surface area contributed by atoms with Crippen molar-refractivity contribution in [1.29, 1.82) is 0 Å². The van der Waals surface area contributed by atoms with Gasteiger partial charge in [0.05, 0.1) is 24.9 Å². The molecule has 5 rings (SSSR count). The lowest BCUT2D eigenvalue weighted by atomic mass is 9.89. The predicted octanol–water partition coefficient (Wildman–Crippen LogP) is 5.45. The highest BCUT2D eigenvalue weighted by Crippen LogP contribution is 2.43. The number of aromatic nitrogens is 1. The third kappa shape index (κ3) is 2.99. The SMILES string of the molecule is CCOc1c(OC)cccc1-c1nc2ccc3ccccc3c2c2c1CN(C)CC2. The van der Waals surface area contributed by atoms with Crippen LogP contribution in [0.1, 0.15) is 18.1 Å². The number of rotatable bonds is 4. The van der Waals surface area contributed by atoms with Crippen LogP contribution in [0.4, 0.5) is 0 Å². The van der Waals surface area contributed by atoms with Crippen molar-refractivity contribution in [2.75, 3.05) is 27.3 Å². The highest BCUT2D eigenvalue weighted by atomic mass is 16.5. The van der Waals surface area contributed by atoms with Gasteiger partial charge in [-0.15, -0.1) is 0 Å². The first-order chi connectivity index (χ1) is 14.7. The number of benzene rings is 3. The fourth-order valence-electron chi connectivity index (χ4n) is 4.63. The monoisotopic (exact) mass is 398 g/mol. The van der Waals surface area contributed by atoms with E-state index in [-0.39, 0.29) is 0 Å². The van der Waals surface area contributed by atoms with Crippen LogP contribution in [-0.4, -0.2) is 37.2 Å². The van der Waals surface area contributed by atoms with Crippen LogP contribution in [0.25, 0.3) is 32.9 Å². The number of hydrogen-bond donors (Lipinski definition) is 0. The van der Waals surface area contributed by atoms with Gasteiger partial charge in [-0.2, -0.15) is 0 Å². The van der Waals surface area contributed by atoms with E-state index in [1.165, 1.54) is 27.3 Å². The number of pyridine rings is 1. The quantitative estimate of drug-likeness (QED) is 0.428. The van der Waals surface area contributed by atoms with E-state index in [1.807, 2.05) is 19.1 Å². The van der Waals surface area contributed by atoms with Crippen molar-refractivity contribution in [3.8, 4) is 22.8 Å². The molecule has 0 radical (unpaired) electrons. The van der Waals surface area contributed by atoms with Crippen molar-refractivity contribution < 1.29 is 9.47 Å². The van der Waals surface area contributed by atoms with Gasteiger partial charge < -0.3 is 14.4 Å². The summed E-state index contributed by atoms with van der Waals surface area (Å²) in [5.74, 6) is 1.51. The number of ether oxygens (including phenoxy) is 2. The van der Waals surface area contributed by atoms with Gasteiger partial charge in [-0.3, -0.25) is 0 Å². The number of nitrogens with zero attached hydrogens (tertiary/aromatic N) is 2. The van der Waals surface area contributed by atoms with Gasteiger partial charge in [0.1, 0.15) is 0 Å². The van der Waals surface area contributed by atoms with E-state index < -0.39 is 0 Å². The molecule has 0 saturated heterocycles. The second-order valence-electron chi connectivity index (χ2n) is 7.86. The normalized spacial score (nSPS) is 14.1. The molecule has 4 aromatic rings. The van der Waals surface area contributed by atoms with Gasteiger partial charge >= 0.3 is 0 Å². The molecular formula is C26H26N2O2. The molecule has 3 aromatic carbocycles. The molecule has 0 saturated carbocycles. The van der Waals surface area contributed by atoms with Crippen molar-refractivity contribution in [3.63, 3.8) is 0 Å². The van der Waals surface area contributed by atoms with E-state index in [0.29, 0.717) is 6.61 Å². The Hall–Kier alpha value is -3.11. The Kier molecular flexibility index (Phi) is 4.80. The Labute approximate surface area is 177 Å². The van der Waals surface area contributed by atoms with Gasteiger partial charge in [-0.05, 0) is 60.5 Å². The molecule has 0 bridgehead atoms. The van der Waals surface area contributed by atoms with E-state index in [1.54, 1.807) is 7.11 Å². The minimum absolute atomic E-state index is 0.577. The Morgan fingerprint density at radius 2 is 1.87 bits per heavy atom. The second-order valence-corrected chi connectivity index (χ2v) is 7.86. The third-order valence-corrected chi connectivity index (χ3v) is 6.01. The fourth-order valence-corrected chi connectivity index (χ4v) is 4.63. The summed E-state index contributed by atoms with van der Waals surface area (Å²) >= 11 is 0. The van der Waals surface area contributed by atoms with Crippen LogP contribution in [0, 0.1) is 0 Å². The molecule has 0 unspecified atom stereocenters. The number of methoxy groups -OCH3 is 1. The van der Waals surface area contributed by atoms with E-state index in [9.17, 15) is 0 Å². The van der Waals surface area contributed by atoms with E-state index in [0.717, 1.165) is 47.8 Å². The van der Waals surface area contributed by atoms with Gasteiger partial charge in [0, 0.05) is 24.0 Å². The van der Waals surface area contributed by atoms with Crippen LogP contribution in [0.2, 0.25) is 0 Å². The molecular weight excluding hydrogens is 372 g/mol. The average Bonchev–Trinajstić information content (AvgIpc) is 2.78. The molecule has 0 N–H and O–H groups in total. The van der Waals surface area contributed by atoms with Crippen LogP contribution < -0.4 is 9.47 Å². The molecule has 1 aromatic heterocycles. The van der Waals surface area contributed by atoms with E-state index in [4.69, 9.17) is 14.5 Å². The molecule has 0 aliphatic carbocycles. The predicted molar refractivity (Wildman–Crippen MR) is 122 cm³/mol. The van der Waals surface area contributed by atoms with E-state index >= 15 is 0 Å². The summed E-state index contributed by atoms with van der Waals surface area (Å²) in [4.78, 5) is 7.57. The maximum atomic E-state index is 6.04. The molecule has 30 heavy (non-hydrogen) atoms. The largest absolute Gasteiger partial charge is 0.493 e. The zero-order valence-electron chi connectivity index (χ0n) is 17.7. The van der Waals surface area contributed by atoms with Crippen LogP contribution >= 0.6 is 0 Å². The third-order valence-electron chi connectivity index (χ3n) is 6.01. The van der Waals surface area contributed by atoms with Gasteiger partial charge in [-0.25, -0.2) is 4.98 Å². The summed E-state index contributed by atoms with van der Waals surface area (Å²) in [5, 5.41) is 3.84. The van der Waals surface area contributed by atoms with Gasteiger partial charge in [0.2, 0.25) is 0 Å². The summed E-state index contributed by atoms with van der Waals surface area (Å²) in [6.07, 6.45) is 1.01. The molecule has 1 aliphatic heterocycles. The van der Waals surface area contributed by atoms with Gasteiger partial charge in [0.25, 0.3) is 0 Å². The first-order valence-electron chi connectivity index (χ1n) is 10.5. The summed E-state index contributed by atoms with van der Waals surface area (Å²) in [6, 6.07) is 19.0. The molecule has 1 aliphatic rings. The number of likely N-dealkylation sites (N-methyl/N-ethyl adjacent to an activating group) is 1. The van der Waals surface area contributed by atoms with Crippen molar-refractivity contribution >= 4 is 21.7 Å². The molecule has 0 atom stereocenters. The summed E-state index contributed by atoms with van der Waals surface area (Å²) in [5.41, 5.74) is 5.74. The van der Waals surface area contributed by atoms with Crippen molar-refractivity contribution in [2.24, 2.45) is 0 Å². The van der Waals surface area contributed by atoms with Gasteiger partial charge in [-0.1, -0.05) is 36.4 Å². The number of hydrogen-bond acceptors (Lipinski definition) is 4. The standard InChI is InChI=1S/C26H26N2O2/c1-4-30-26-20(10-7-11-23(26)29-3)25-21-16-28(2)15-14-19(21)24-18-9-6-5-8-17(18)12-13-22(24)27-25/h5-13H,4,14-16H2,1-3H3. The molecule has 4 heteroatoms.